The van der Waals surface area contributed by atoms with Crippen LogP contribution < -0.4 is 10.1 Å². The molecule has 6 nitrogen and oxygen atoms in total. The highest BCUT2D eigenvalue weighted by molar-refractivity contribution is 5.90. The predicted octanol–water partition coefficient (Wildman–Crippen LogP) is 5.61. The lowest BCUT2D eigenvalue weighted by atomic mass is 10.1. The van der Waals surface area contributed by atoms with Gasteiger partial charge in [-0.2, -0.15) is 0 Å². The molecule has 1 saturated heterocycles. The number of amides is 2. The molecule has 166 valence electrons. The summed E-state index contributed by atoms with van der Waals surface area (Å²) in [6.07, 6.45) is 4.78. The predicted molar refractivity (Wildman–Crippen MR) is 129 cm³/mol. The monoisotopic (exact) mass is 438 g/mol. The first-order chi connectivity index (χ1) is 16.2. The number of fused-ring (bicyclic) bond motifs is 2. The number of pyridine rings is 1. The number of hydrogen-bond donors (Lipinski definition) is 1. The highest BCUT2D eigenvalue weighted by Crippen LogP contribution is 2.36. The summed E-state index contributed by atoms with van der Waals surface area (Å²) < 4.78 is 7.72. The van der Waals surface area contributed by atoms with Crippen LogP contribution in [0.5, 0.6) is 5.75 Å². The van der Waals surface area contributed by atoms with Crippen LogP contribution in [0.1, 0.15) is 35.8 Å². The molecular formula is C27H26N4O2. The number of rotatable bonds is 3. The van der Waals surface area contributed by atoms with Crippen LogP contribution in [0, 0.1) is 6.92 Å². The van der Waals surface area contributed by atoms with E-state index < -0.39 is 0 Å². The van der Waals surface area contributed by atoms with Crippen LogP contribution in [-0.4, -0.2) is 33.5 Å². The van der Waals surface area contributed by atoms with E-state index in [0.29, 0.717) is 13.2 Å². The van der Waals surface area contributed by atoms with Gasteiger partial charge in [0.2, 0.25) is 0 Å². The Morgan fingerprint density at radius 3 is 2.88 bits per heavy atom. The summed E-state index contributed by atoms with van der Waals surface area (Å²) in [4.78, 5) is 20.3. The lowest BCUT2D eigenvalue weighted by molar-refractivity contribution is 0.205. The number of aryl methyl sites for hydroxylation is 1. The Hall–Kier alpha value is -3.80. The fourth-order valence-electron chi connectivity index (χ4n) is 4.96. The molecule has 0 aliphatic carbocycles. The maximum atomic E-state index is 13.3. The van der Waals surface area contributed by atoms with E-state index in [2.05, 4.69) is 47.0 Å². The minimum atomic E-state index is -0.0825. The molecule has 4 heterocycles. The van der Waals surface area contributed by atoms with Gasteiger partial charge in [0.05, 0.1) is 23.9 Å². The number of ether oxygens (including phenoxy) is 1. The van der Waals surface area contributed by atoms with Gasteiger partial charge >= 0.3 is 6.03 Å². The van der Waals surface area contributed by atoms with Crippen LogP contribution in [0.3, 0.4) is 0 Å². The van der Waals surface area contributed by atoms with Gasteiger partial charge in [0.15, 0.2) is 0 Å². The number of anilines is 1. The molecule has 0 spiro atoms. The Bertz CT molecular complexity index is 1340. The number of imidazole rings is 1. The van der Waals surface area contributed by atoms with Gasteiger partial charge < -0.3 is 19.4 Å². The normalized spacial score (nSPS) is 17.2. The highest BCUT2D eigenvalue weighted by Gasteiger charge is 2.34. The summed E-state index contributed by atoms with van der Waals surface area (Å²) in [7, 11) is 0. The Morgan fingerprint density at radius 2 is 2.00 bits per heavy atom. The summed E-state index contributed by atoms with van der Waals surface area (Å²) in [6.45, 7) is 3.51. The number of carbonyl (C=O) groups is 1. The van der Waals surface area contributed by atoms with Crippen LogP contribution in [0.15, 0.2) is 66.9 Å². The van der Waals surface area contributed by atoms with Crippen molar-refractivity contribution >= 4 is 17.2 Å². The summed E-state index contributed by atoms with van der Waals surface area (Å²) in [6, 6.07) is 20.3. The first-order valence-corrected chi connectivity index (χ1v) is 11.5. The van der Waals surface area contributed by atoms with Crippen molar-refractivity contribution in [2.24, 2.45) is 0 Å². The number of benzene rings is 2. The molecule has 0 saturated carbocycles. The minimum Gasteiger partial charge on any atom is -0.493 e. The van der Waals surface area contributed by atoms with E-state index in [9.17, 15) is 4.79 Å². The van der Waals surface area contributed by atoms with E-state index in [1.165, 1.54) is 5.56 Å². The second kappa shape index (κ2) is 7.96. The third kappa shape index (κ3) is 3.52. The van der Waals surface area contributed by atoms with E-state index in [1.54, 1.807) is 0 Å². The van der Waals surface area contributed by atoms with Gasteiger partial charge in [-0.25, -0.2) is 9.78 Å². The molecule has 1 N–H and O–H groups in total. The van der Waals surface area contributed by atoms with Crippen LogP contribution in [-0.2, 0) is 6.42 Å². The summed E-state index contributed by atoms with van der Waals surface area (Å²) in [5.74, 6) is 1.83. The SMILES string of the molecule is Cc1ccc(-c2nc(C3CCCN3C(=O)Nc3ccc4c(c3)CCO4)n3ccccc23)cc1. The van der Waals surface area contributed by atoms with Crippen LogP contribution in [0.2, 0.25) is 0 Å². The topological polar surface area (TPSA) is 58.9 Å². The van der Waals surface area contributed by atoms with Gasteiger partial charge in [-0.1, -0.05) is 35.9 Å². The van der Waals surface area contributed by atoms with E-state index in [4.69, 9.17) is 9.72 Å². The molecule has 0 radical (unpaired) electrons. The molecule has 2 aromatic carbocycles. The molecule has 0 bridgehead atoms. The third-order valence-corrected chi connectivity index (χ3v) is 6.65. The molecule has 2 amide bonds. The van der Waals surface area contributed by atoms with Gasteiger partial charge in [-0.05, 0) is 55.7 Å². The molecule has 1 fully saturated rings. The Morgan fingerprint density at radius 1 is 1.12 bits per heavy atom. The third-order valence-electron chi connectivity index (χ3n) is 6.65. The quantitative estimate of drug-likeness (QED) is 0.452. The number of nitrogens with one attached hydrogen (secondary N) is 1. The Kier molecular flexibility index (Phi) is 4.79. The summed E-state index contributed by atoms with van der Waals surface area (Å²) >= 11 is 0. The molecule has 1 unspecified atom stereocenters. The van der Waals surface area contributed by atoms with Crippen molar-refractivity contribution in [1.82, 2.24) is 14.3 Å². The lowest BCUT2D eigenvalue weighted by Crippen LogP contribution is -2.35. The van der Waals surface area contributed by atoms with Gasteiger partial charge in [-0.15, -0.1) is 0 Å². The molecule has 2 aliphatic rings. The molecule has 33 heavy (non-hydrogen) atoms. The molecule has 1 atom stereocenters. The zero-order valence-corrected chi connectivity index (χ0v) is 18.6. The minimum absolute atomic E-state index is 0.0724. The van der Waals surface area contributed by atoms with Gasteiger partial charge in [0.25, 0.3) is 0 Å². The van der Waals surface area contributed by atoms with E-state index in [-0.39, 0.29) is 12.1 Å². The Labute approximate surface area is 192 Å². The van der Waals surface area contributed by atoms with E-state index >= 15 is 0 Å². The Balaban J connectivity index is 1.33. The van der Waals surface area contributed by atoms with Crippen molar-refractivity contribution in [2.75, 3.05) is 18.5 Å². The maximum Gasteiger partial charge on any atom is 0.322 e. The van der Waals surface area contributed by atoms with Gasteiger partial charge in [-0.3, -0.25) is 0 Å². The number of carbonyl (C=O) groups excluding carboxylic acids is 1. The van der Waals surface area contributed by atoms with Crippen molar-refractivity contribution in [3.05, 3.63) is 83.8 Å². The fraction of sp³-hybridized carbons (Fsp3) is 0.259. The molecular weight excluding hydrogens is 412 g/mol. The second-order valence-electron chi connectivity index (χ2n) is 8.84. The summed E-state index contributed by atoms with van der Waals surface area (Å²) in [5, 5.41) is 3.10. The van der Waals surface area contributed by atoms with Gasteiger partial charge in [0, 0.05) is 30.4 Å². The number of urea groups is 1. The van der Waals surface area contributed by atoms with Gasteiger partial charge in [0.1, 0.15) is 11.6 Å². The molecule has 6 rings (SSSR count). The number of aromatic nitrogens is 2. The summed E-state index contributed by atoms with van der Waals surface area (Å²) in [5.41, 5.74) is 6.28. The number of likely N-dealkylation sites (tertiary alicyclic amines) is 1. The van der Waals surface area contributed by atoms with Crippen molar-refractivity contribution in [1.29, 1.82) is 0 Å². The average Bonchev–Trinajstić information content (AvgIpc) is 3.57. The first-order valence-electron chi connectivity index (χ1n) is 11.5. The smallest absolute Gasteiger partial charge is 0.322 e. The molecule has 6 heteroatoms. The first kappa shape index (κ1) is 19.9. The maximum absolute atomic E-state index is 13.3. The second-order valence-corrected chi connectivity index (χ2v) is 8.84. The van der Waals surface area contributed by atoms with E-state index in [0.717, 1.165) is 58.9 Å². The number of nitrogens with zero attached hydrogens (tertiary/aromatic N) is 3. The van der Waals surface area contributed by atoms with Crippen LogP contribution in [0.4, 0.5) is 10.5 Å². The van der Waals surface area contributed by atoms with Crippen molar-refractivity contribution in [3.8, 4) is 17.0 Å². The standard InChI is InChI=1S/C27H26N4O2/c1-18-7-9-19(10-8-18)25-22-5-2-3-14-30(22)26(29-25)23-6-4-15-31(23)27(32)28-21-11-12-24-20(17-21)13-16-33-24/h2-3,5,7-12,14,17,23H,4,6,13,15-16H2,1H3,(H,28,32). The average molecular weight is 439 g/mol. The fourth-order valence-corrected chi connectivity index (χ4v) is 4.96. The van der Waals surface area contributed by atoms with E-state index in [1.807, 2.05) is 41.4 Å². The molecule has 4 aromatic rings. The molecule has 2 aromatic heterocycles. The largest absolute Gasteiger partial charge is 0.493 e. The van der Waals surface area contributed by atoms with Crippen molar-refractivity contribution < 1.29 is 9.53 Å². The van der Waals surface area contributed by atoms with Crippen molar-refractivity contribution in [2.45, 2.75) is 32.2 Å². The molecule has 2 aliphatic heterocycles. The van der Waals surface area contributed by atoms with Crippen LogP contribution in [0.25, 0.3) is 16.8 Å². The zero-order valence-electron chi connectivity index (χ0n) is 18.6. The highest BCUT2D eigenvalue weighted by atomic mass is 16.5. The van der Waals surface area contributed by atoms with Crippen LogP contribution >= 0.6 is 0 Å². The zero-order chi connectivity index (χ0) is 22.4. The van der Waals surface area contributed by atoms with Crippen molar-refractivity contribution in [3.63, 3.8) is 0 Å². The lowest BCUT2D eigenvalue weighted by Gasteiger charge is -2.24. The number of hydrogen-bond acceptors (Lipinski definition) is 3.